The summed E-state index contributed by atoms with van der Waals surface area (Å²) in [6.07, 6.45) is 2.40. The molecule has 1 saturated heterocycles. The summed E-state index contributed by atoms with van der Waals surface area (Å²) in [5, 5.41) is 0. The van der Waals surface area contributed by atoms with Crippen molar-refractivity contribution < 1.29 is 0 Å². The molecule has 0 radical (unpaired) electrons. The second kappa shape index (κ2) is 5.87. The van der Waals surface area contributed by atoms with Crippen molar-refractivity contribution in [2.75, 3.05) is 18.0 Å². The molecule has 19 heavy (non-hydrogen) atoms. The third-order valence-electron chi connectivity index (χ3n) is 4.02. The van der Waals surface area contributed by atoms with Gasteiger partial charge in [-0.25, -0.2) is 9.97 Å². The predicted octanol–water partition coefficient (Wildman–Crippen LogP) is 2.47. The second-order valence-electron chi connectivity index (χ2n) is 6.07. The molecular formula is C15H26N4. The number of piperidine rings is 1. The van der Waals surface area contributed by atoms with Gasteiger partial charge >= 0.3 is 0 Å². The van der Waals surface area contributed by atoms with Crippen LogP contribution in [0.25, 0.3) is 0 Å². The van der Waals surface area contributed by atoms with E-state index in [1.165, 1.54) is 12.8 Å². The summed E-state index contributed by atoms with van der Waals surface area (Å²) < 4.78 is 0. The quantitative estimate of drug-likeness (QED) is 0.909. The van der Waals surface area contributed by atoms with Crippen molar-refractivity contribution in [3.8, 4) is 0 Å². The molecule has 2 atom stereocenters. The van der Waals surface area contributed by atoms with Crippen molar-refractivity contribution in [3.63, 3.8) is 0 Å². The van der Waals surface area contributed by atoms with Gasteiger partial charge in [-0.3, -0.25) is 0 Å². The lowest BCUT2D eigenvalue weighted by Gasteiger charge is -2.38. The number of hydrogen-bond acceptors (Lipinski definition) is 4. The minimum absolute atomic E-state index is 0.436. The second-order valence-corrected chi connectivity index (χ2v) is 6.07. The van der Waals surface area contributed by atoms with Crippen LogP contribution in [0.2, 0.25) is 0 Å². The average Bonchev–Trinajstić information content (AvgIpc) is 2.38. The van der Waals surface area contributed by atoms with Crippen molar-refractivity contribution in [3.05, 3.63) is 17.5 Å². The minimum Gasteiger partial charge on any atom is -0.338 e. The van der Waals surface area contributed by atoms with E-state index in [-0.39, 0.29) is 0 Å². The van der Waals surface area contributed by atoms with Gasteiger partial charge < -0.3 is 10.6 Å². The molecule has 106 valence electrons. The van der Waals surface area contributed by atoms with E-state index in [0.29, 0.717) is 17.9 Å². The largest absolute Gasteiger partial charge is 0.338 e. The Morgan fingerprint density at radius 3 is 2.74 bits per heavy atom. The van der Waals surface area contributed by atoms with E-state index in [1.54, 1.807) is 0 Å². The van der Waals surface area contributed by atoms with E-state index in [4.69, 9.17) is 10.7 Å². The van der Waals surface area contributed by atoms with E-state index in [1.807, 2.05) is 6.92 Å². The van der Waals surface area contributed by atoms with Crippen molar-refractivity contribution in [2.24, 2.45) is 11.7 Å². The molecule has 1 aromatic heterocycles. The zero-order valence-electron chi connectivity index (χ0n) is 12.6. The lowest BCUT2D eigenvalue weighted by Crippen LogP contribution is -2.45. The zero-order valence-corrected chi connectivity index (χ0v) is 12.6. The lowest BCUT2D eigenvalue weighted by molar-refractivity contribution is 0.369. The van der Waals surface area contributed by atoms with E-state index < -0.39 is 0 Å². The molecule has 4 heteroatoms. The number of hydrogen-bond donors (Lipinski definition) is 1. The fourth-order valence-electron chi connectivity index (χ4n) is 2.65. The first-order valence-electron chi connectivity index (χ1n) is 7.33. The Morgan fingerprint density at radius 1 is 1.37 bits per heavy atom. The molecule has 0 aliphatic carbocycles. The third kappa shape index (κ3) is 3.24. The van der Waals surface area contributed by atoms with Crippen LogP contribution in [0, 0.1) is 12.8 Å². The first kappa shape index (κ1) is 14.3. The van der Waals surface area contributed by atoms with Crippen LogP contribution in [-0.4, -0.2) is 29.1 Å². The van der Waals surface area contributed by atoms with Gasteiger partial charge in [0.05, 0.1) is 0 Å². The normalized spacial score (nSPS) is 24.0. The molecule has 4 nitrogen and oxygen atoms in total. The molecule has 0 saturated carbocycles. The van der Waals surface area contributed by atoms with Crippen LogP contribution in [0.3, 0.4) is 0 Å². The van der Waals surface area contributed by atoms with E-state index in [9.17, 15) is 0 Å². The van der Waals surface area contributed by atoms with E-state index >= 15 is 0 Å². The Labute approximate surface area is 116 Å². The number of anilines is 1. The van der Waals surface area contributed by atoms with Gasteiger partial charge in [-0.1, -0.05) is 13.8 Å². The van der Waals surface area contributed by atoms with E-state index in [0.717, 1.165) is 30.4 Å². The summed E-state index contributed by atoms with van der Waals surface area (Å²) in [4.78, 5) is 11.7. The molecule has 1 aromatic rings. The summed E-state index contributed by atoms with van der Waals surface area (Å²) in [7, 11) is 0. The maximum absolute atomic E-state index is 5.83. The Kier molecular flexibility index (Phi) is 4.40. The lowest BCUT2D eigenvalue weighted by atomic mass is 9.94. The Bertz CT molecular complexity index is 430. The third-order valence-corrected chi connectivity index (χ3v) is 4.02. The standard InChI is InChI=1S/C15H26N4/c1-10(2)14-7-11(3)17-15(18-14)19-9-13(8-16)6-5-12(19)4/h7,10,12-13H,5-6,8-9,16H2,1-4H3. The molecule has 1 fully saturated rings. The highest BCUT2D eigenvalue weighted by atomic mass is 15.3. The van der Waals surface area contributed by atoms with E-state index in [2.05, 4.69) is 36.7 Å². The molecular weight excluding hydrogens is 236 g/mol. The highest BCUT2D eigenvalue weighted by Crippen LogP contribution is 2.26. The highest BCUT2D eigenvalue weighted by molar-refractivity contribution is 5.35. The first-order valence-corrected chi connectivity index (χ1v) is 7.33. The Morgan fingerprint density at radius 2 is 2.11 bits per heavy atom. The minimum atomic E-state index is 0.436. The number of rotatable bonds is 3. The summed E-state index contributed by atoms with van der Waals surface area (Å²) in [6.45, 7) is 10.4. The summed E-state index contributed by atoms with van der Waals surface area (Å²) in [6, 6.07) is 2.59. The maximum Gasteiger partial charge on any atom is 0.226 e. The van der Waals surface area contributed by atoms with Gasteiger partial charge in [-0.2, -0.15) is 0 Å². The van der Waals surface area contributed by atoms with Crippen LogP contribution in [-0.2, 0) is 0 Å². The Hall–Kier alpha value is -1.16. The molecule has 2 N–H and O–H groups in total. The predicted molar refractivity (Wildman–Crippen MR) is 79.4 cm³/mol. The molecule has 1 aliphatic rings. The van der Waals surface area contributed by atoms with Crippen molar-refractivity contribution >= 4 is 5.95 Å². The van der Waals surface area contributed by atoms with Crippen LogP contribution in [0.4, 0.5) is 5.95 Å². The van der Waals surface area contributed by atoms with Gasteiger partial charge in [-0.05, 0) is 51.1 Å². The van der Waals surface area contributed by atoms with Gasteiger partial charge in [0.2, 0.25) is 5.95 Å². The smallest absolute Gasteiger partial charge is 0.226 e. The van der Waals surface area contributed by atoms with Gasteiger partial charge in [0, 0.05) is 24.0 Å². The van der Waals surface area contributed by atoms with Gasteiger partial charge in [0.1, 0.15) is 0 Å². The molecule has 0 bridgehead atoms. The monoisotopic (exact) mass is 262 g/mol. The fourth-order valence-corrected chi connectivity index (χ4v) is 2.65. The topological polar surface area (TPSA) is 55.0 Å². The molecule has 0 aromatic carbocycles. The fraction of sp³-hybridized carbons (Fsp3) is 0.733. The van der Waals surface area contributed by atoms with Crippen molar-refractivity contribution in [1.29, 1.82) is 0 Å². The average molecular weight is 262 g/mol. The maximum atomic E-state index is 5.83. The van der Waals surface area contributed by atoms with Crippen LogP contribution in [0.1, 0.15) is 50.9 Å². The van der Waals surface area contributed by atoms with Crippen molar-refractivity contribution in [2.45, 2.75) is 52.5 Å². The van der Waals surface area contributed by atoms with Crippen LogP contribution >= 0.6 is 0 Å². The molecule has 2 rings (SSSR count). The van der Waals surface area contributed by atoms with Crippen LogP contribution in [0.5, 0.6) is 0 Å². The number of aryl methyl sites for hydroxylation is 1. The molecule has 2 heterocycles. The number of nitrogens with zero attached hydrogens (tertiary/aromatic N) is 3. The van der Waals surface area contributed by atoms with Crippen LogP contribution in [0.15, 0.2) is 6.07 Å². The summed E-state index contributed by atoms with van der Waals surface area (Å²) >= 11 is 0. The number of nitrogens with two attached hydrogens (primary N) is 1. The number of aromatic nitrogens is 2. The molecule has 2 unspecified atom stereocenters. The van der Waals surface area contributed by atoms with Crippen LogP contribution < -0.4 is 10.6 Å². The van der Waals surface area contributed by atoms with Crippen molar-refractivity contribution in [1.82, 2.24) is 9.97 Å². The molecule has 0 spiro atoms. The summed E-state index contributed by atoms with van der Waals surface area (Å²) in [5.41, 5.74) is 8.01. The van der Waals surface area contributed by atoms with Gasteiger partial charge in [0.15, 0.2) is 0 Å². The van der Waals surface area contributed by atoms with Gasteiger partial charge in [-0.15, -0.1) is 0 Å². The SMILES string of the molecule is Cc1cc(C(C)C)nc(N2CC(CN)CCC2C)n1. The zero-order chi connectivity index (χ0) is 14.0. The van der Waals surface area contributed by atoms with Gasteiger partial charge in [0.25, 0.3) is 0 Å². The highest BCUT2D eigenvalue weighted by Gasteiger charge is 2.27. The molecule has 1 aliphatic heterocycles. The Balaban J connectivity index is 2.28. The first-order chi connectivity index (χ1) is 9.01. The molecule has 0 amide bonds. The summed E-state index contributed by atoms with van der Waals surface area (Å²) in [5.74, 6) is 1.89.